The van der Waals surface area contributed by atoms with Gasteiger partial charge in [-0.1, -0.05) is 71.4 Å². The van der Waals surface area contributed by atoms with E-state index in [4.69, 9.17) is 10.2 Å². The van der Waals surface area contributed by atoms with Gasteiger partial charge in [0.25, 0.3) is 0 Å². The summed E-state index contributed by atoms with van der Waals surface area (Å²) in [7, 11) is 0. The summed E-state index contributed by atoms with van der Waals surface area (Å²) in [5.41, 5.74) is 0.924. The minimum Gasteiger partial charge on any atom is -0.478 e. The van der Waals surface area contributed by atoms with Gasteiger partial charge in [0.05, 0.1) is 0 Å². The van der Waals surface area contributed by atoms with Crippen molar-refractivity contribution in [2.45, 2.75) is 86.0 Å². The van der Waals surface area contributed by atoms with Gasteiger partial charge < -0.3 is 10.2 Å². The van der Waals surface area contributed by atoms with Crippen molar-refractivity contribution in [3.8, 4) is 0 Å². The van der Waals surface area contributed by atoms with Gasteiger partial charge in [-0.15, -0.1) is 0 Å². The van der Waals surface area contributed by atoms with Crippen molar-refractivity contribution in [1.29, 1.82) is 0 Å². The highest BCUT2D eigenvalue weighted by molar-refractivity contribution is 5.86. The van der Waals surface area contributed by atoms with Crippen LogP contribution in [0.3, 0.4) is 0 Å². The van der Waals surface area contributed by atoms with E-state index in [9.17, 15) is 9.59 Å². The molecule has 0 rings (SSSR count). The zero-order valence-electron chi connectivity index (χ0n) is 16.1. The van der Waals surface area contributed by atoms with E-state index < -0.39 is 11.9 Å². The van der Waals surface area contributed by atoms with E-state index in [1.165, 1.54) is 19.3 Å². The van der Waals surface area contributed by atoms with Crippen LogP contribution >= 0.6 is 0 Å². The Kier molecular flexibility index (Phi) is 16.7. The van der Waals surface area contributed by atoms with Crippen LogP contribution in [-0.4, -0.2) is 22.2 Å². The topological polar surface area (TPSA) is 74.6 Å². The van der Waals surface area contributed by atoms with Crippen LogP contribution < -0.4 is 0 Å². The van der Waals surface area contributed by atoms with Crippen molar-refractivity contribution in [3.63, 3.8) is 0 Å². The number of unbranched alkanes of at least 4 members (excludes halogenated alkanes) is 3. The highest BCUT2D eigenvalue weighted by Crippen LogP contribution is 2.17. The van der Waals surface area contributed by atoms with E-state index in [0.29, 0.717) is 17.1 Å². The van der Waals surface area contributed by atoms with Crippen molar-refractivity contribution in [3.05, 3.63) is 23.3 Å². The molecule has 0 fully saturated rings. The van der Waals surface area contributed by atoms with Gasteiger partial charge in [-0.2, -0.15) is 0 Å². The molecular formula is C20H36O4. The fraction of sp³-hybridized carbons (Fsp3) is 0.700. The lowest BCUT2D eigenvalue weighted by molar-refractivity contribution is -0.133. The number of allylic oxidation sites excluding steroid dienone is 2. The summed E-state index contributed by atoms with van der Waals surface area (Å²) in [4.78, 5) is 20.8. The third-order valence-corrected chi connectivity index (χ3v) is 3.98. The Morgan fingerprint density at radius 3 is 1.79 bits per heavy atom. The lowest BCUT2D eigenvalue weighted by Crippen LogP contribution is -2.00. The van der Waals surface area contributed by atoms with Crippen molar-refractivity contribution in [2.24, 2.45) is 5.92 Å². The summed E-state index contributed by atoms with van der Waals surface area (Å²) in [6, 6.07) is 0. The first-order valence-electron chi connectivity index (χ1n) is 9.10. The molecule has 0 aromatic heterocycles. The third kappa shape index (κ3) is 15.3. The molecule has 0 bridgehead atoms. The van der Waals surface area contributed by atoms with E-state index in [2.05, 4.69) is 20.8 Å². The zero-order valence-corrected chi connectivity index (χ0v) is 16.1. The first-order chi connectivity index (χ1) is 11.3. The Hall–Kier alpha value is -1.58. The Bertz CT molecular complexity index is 408. The highest BCUT2D eigenvalue weighted by Gasteiger charge is 2.05. The number of carboxylic acids is 2. The maximum atomic E-state index is 10.5. The van der Waals surface area contributed by atoms with Crippen LogP contribution in [0.5, 0.6) is 0 Å². The van der Waals surface area contributed by atoms with Crippen molar-refractivity contribution < 1.29 is 19.8 Å². The lowest BCUT2D eigenvalue weighted by Gasteiger charge is -2.11. The second-order valence-electron chi connectivity index (χ2n) is 6.18. The van der Waals surface area contributed by atoms with Crippen molar-refractivity contribution in [1.82, 2.24) is 0 Å². The molecule has 0 spiro atoms. The maximum Gasteiger partial charge on any atom is 0.330 e. The average molecular weight is 341 g/mol. The number of carbonyl (C=O) groups is 2. The van der Waals surface area contributed by atoms with E-state index in [1.54, 1.807) is 19.9 Å². The maximum absolute atomic E-state index is 10.5. The molecule has 0 amide bonds. The Morgan fingerprint density at radius 2 is 1.38 bits per heavy atom. The van der Waals surface area contributed by atoms with Crippen LogP contribution in [0.4, 0.5) is 0 Å². The first kappa shape index (κ1) is 24.7. The number of hydrogen-bond acceptors (Lipinski definition) is 2. The number of carboxylic acid groups (broad SMARTS) is 2. The van der Waals surface area contributed by atoms with Gasteiger partial charge in [0.1, 0.15) is 0 Å². The van der Waals surface area contributed by atoms with Crippen molar-refractivity contribution in [2.75, 3.05) is 0 Å². The van der Waals surface area contributed by atoms with Crippen molar-refractivity contribution >= 4 is 11.9 Å². The van der Waals surface area contributed by atoms with Crippen LogP contribution in [0.25, 0.3) is 0 Å². The van der Waals surface area contributed by atoms with E-state index >= 15 is 0 Å². The van der Waals surface area contributed by atoms with Crippen LogP contribution in [0.1, 0.15) is 86.0 Å². The quantitative estimate of drug-likeness (QED) is 0.366. The Morgan fingerprint density at radius 1 is 0.875 bits per heavy atom. The van der Waals surface area contributed by atoms with Gasteiger partial charge in [-0.25, -0.2) is 9.59 Å². The molecule has 140 valence electrons. The smallest absolute Gasteiger partial charge is 0.330 e. The summed E-state index contributed by atoms with van der Waals surface area (Å²) in [5.74, 6) is -0.948. The van der Waals surface area contributed by atoms with Gasteiger partial charge in [0, 0.05) is 11.1 Å². The predicted molar refractivity (Wildman–Crippen MR) is 100 cm³/mol. The highest BCUT2D eigenvalue weighted by atomic mass is 16.4. The molecule has 4 heteroatoms. The third-order valence-electron chi connectivity index (χ3n) is 3.98. The summed E-state index contributed by atoms with van der Waals surface area (Å²) >= 11 is 0. The fourth-order valence-electron chi connectivity index (χ4n) is 2.02. The zero-order chi connectivity index (χ0) is 19.0. The molecule has 0 aromatic carbocycles. The monoisotopic (exact) mass is 340 g/mol. The predicted octanol–water partition coefficient (Wildman–Crippen LogP) is 5.83. The van der Waals surface area contributed by atoms with Crippen LogP contribution in [-0.2, 0) is 9.59 Å². The van der Waals surface area contributed by atoms with Gasteiger partial charge in [-0.3, -0.25) is 0 Å². The van der Waals surface area contributed by atoms with Gasteiger partial charge in [-0.05, 0) is 32.6 Å². The van der Waals surface area contributed by atoms with Crippen LogP contribution in [0.2, 0.25) is 0 Å². The number of aliphatic carboxylic acids is 2. The minimum atomic E-state index is -0.809. The molecule has 0 aliphatic heterocycles. The summed E-state index contributed by atoms with van der Waals surface area (Å²) in [6.07, 6.45) is 12.4. The van der Waals surface area contributed by atoms with Crippen LogP contribution in [0.15, 0.2) is 23.3 Å². The molecule has 1 unspecified atom stereocenters. The largest absolute Gasteiger partial charge is 0.478 e. The van der Waals surface area contributed by atoms with Gasteiger partial charge in [0.2, 0.25) is 0 Å². The average Bonchev–Trinajstić information content (AvgIpc) is 2.55. The molecular weight excluding hydrogens is 304 g/mol. The van der Waals surface area contributed by atoms with E-state index in [1.807, 2.05) is 6.08 Å². The fourth-order valence-corrected chi connectivity index (χ4v) is 2.02. The molecule has 0 aliphatic carbocycles. The molecule has 0 saturated carbocycles. The van der Waals surface area contributed by atoms with Crippen LogP contribution in [0, 0.1) is 5.92 Å². The van der Waals surface area contributed by atoms with E-state index in [0.717, 1.165) is 32.1 Å². The summed E-state index contributed by atoms with van der Waals surface area (Å²) in [6.45, 7) is 9.73. The normalized spacial score (nSPS) is 13.0. The molecule has 0 heterocycles. The second-order valence-corrected chi connectivity index (χ2v) is 6.18. The van der Waals surface area contributed by atoms with Gasteiger partial charge in [0.15, 0.2) is 0 Å². The molecule has 4 nitrogen and oxygen atoms in total. The standard InChI is InChI=1S/C12H22O2.C8H14O2/c1-4-6-7-11(5-2)9-8-10(3)12(13)14;1-3-4-5-6-7(2)8(9)10/h8,11H,4-7,9H2,1-3H3,(H,13,14);6H,3-5H2,1-2H3,(H,9,10). The summed E-state index contributed by atoms with van der Waals surface area (Å²) in [5, 5.41) is 17.1. The molecule has 0 aromatic rings. The Balaban J connectivity index is 0. The molecule has 0 saturated heterocycles. The SMILES string of the molecule is CCCCC(CC)CC=C(C)C(=O)O.CCCCC=C(C)C(=O)O. The minimum absolute atomic E-state index is 0.452. The molecule has 0 aliphatic rings. The van der Waals surface area contributed by atoms with E-state index in [-0.39, 0.29) is 0 Å². The molecule has 1 atom stereocenters. The van der Waals surface area contributed by atoms with Gasteiger partial charge >= 0.3 is 11.9 Å². The summed E-state index contributed by atoms with van der Waals surface area (Å²) < 4.78 is 0. The number of hydrogen-bond donors (Lipinski definition) is 2. The number of rotatable bonds is 11. The molecule has 24 heavy (non-hydrogen) atoms. The second kappa shape index (κ2) is 16.3. The lowest BCUT2D eigenvalue weighted by atomic mass is 9.95. The Labute approximate surface area is 147 Å². The first-order valence-corrected chi connectivity index (χ1v) is 9.10. The molecule has 2 N–H and O–H groups in total. The molecule has 0 radical (unpaired) electrons.